The number of likely N-dealkylation sites (N-methyl/N-ethyl adjacent to an activating group) is 1. The molecule has 0 heterocycles. The number of hydrogen-bond acceptors (Lipinski definition) is 28. The van der Waals surface area contributed by atoms with Gasteiger partial charge in [0.25, 0.3) is 0 Å². The van der Waals surface area contributed by atoms with Crippen molar-refractivity contribution < 1.29 is 128 Å². The van der Waals surface area contributed by atoms with E-state index in [0.29, 0.717) is 337 Å². The summed E-state index contributed by atoms with van der Waals surface area (Å²) in [5, 5.41) is 5.88. The van der Waals surface area contributed by atoms with Gasteiger partial charge >= 0.3 is 0 Å². The molecule has 0 aromatic carbocycles. The van der Waals surface area contributed by atoms with Gasteiger partial charge in [-0.25, -0.2) is 0 Å². The van der Waals surface area contributed by atoms with Gasteiger partial charge in [0.05, 0.1) is 330 Å². The maximum atomic E-state index is 11.9. The van der Waals surface area contributed by atoms with Gasteiger partial charge in [-0.15, -0.1) is 0 Å². The lowest BCUT2D eigenvalue weighted by Gasteiger charge is -2.12. The van der Waals surface area contributed by atoms with Crippen molar-refractivity contribution in [3.05, 3.63) is 0 Å². The van der Waals surface area contributed by atoms with E-state index in [1.165, 1.54) is 0 Å². The minimum atomic E-state index is -0.114. The van der Waals surface area contributed by atoms with Gasteiger partial charge in [-0.2, -0.15) is 0 Å². The highest BCUT2D eigenvalue weighted by molar-refractivity contribution is 5.81. The van der Waals surface area contributed by atoms with Crippen LogP contribution in [0.15, 0.2) is 0 Å². The van der Waals surface area contributed by atoms with Crippen molar-refractivity contribution in [3.63, 3.8) is 0 Å². The van der Waals surface area contributed by atoms with Crippen molar-refractivity contribution in [2.24, 2.45) is 0 Å². The van der Waals surface area contributed by atoms with Gasteiger partial charge in [-0.1, -0.05) is 13.3 Å². The van der Waals surface area contributed by atoms with Crippen molar-refractivity contribution in [2.75, 3.05) is 344 Å². The van der Waals surface area contributed by atoms with E-state index < -0.39 is 0 Å². The molecule has 0 saturated carbocycles. The van der Waals surface area contributed by atoms with E-state index in [2.05, 4.69) is 17.6 Å². The van der Waals surface area contributed by atoms with E-state index in [9.17, 15) is 9.59 Å². The zero-order valence-electron chi connectivity index (χ0n) is 56.9. The number of carbonyl (C=O) groups excluding carboxylic acids is 2. The van der Waals surface area contributed by atoms with Crippen LogP contribution in [0.2, 0.25) is 0 Å². The Bertz CT molecular complexity index is 1400. The van der Waals surface area contributed by atoms with Crippen LogP contribution in [0.5, 0.6) is 0 Å². The maximum absolute atomic E-state index is 11.9. The van der Waals surface area contributed by atoms with Crippen LogP contribution in [0.1, 0.15) is 52.4 Å². The van der Waals surface area contributed by atoms with Crippen LogP contribution in [-0.4, -0.2) is 362 Å². The highest BCUT2D eigenvalue weighted by atomic mass is 16.6. The van der Waals surface area contributed by atoms with E-state index in [-0.39, 0.29) is 17.7 Å². The smallest absolute Gasteiger partial charge is 0.222 e. The third kappa shape index (κ3) is 80.5. The fourth-order valence-corrected chi connectivity index (χ4v) is 7.13. The number of rotatable bonds is 85. The molecule has 0 aliphatic carbocycles. The van der Waals surface area contributed by atoms with Crippen molar-refractivity contribution in [3.8, 4) is 0 Å². The summed E-state index contributed by atoms with van der Waals surface area (Å²) in [5.74, 6) is 0.0886. The number of ketones is 1. The summed E-state index contributed by atoms with van der Waals surface area (Å²) in [6.07, 6.45) is 5.00. The fraction of sp³-hybridized carbons (Fsp3) is 0.968. The second kappa shape index (κ2) is 83.3. The molecule has 0 aromatic heterocycles. The molecule has 29 heteroatoms. The largest absolute Gasteiger partial charge is 0.379 e. The minimum Gasteiger partial charge on any atom is -0.379 e. The first kappa shape index (κ1) is 90.1. The summed E-state index contributed by atoms with van der Waals surface area (Å²) in [7, 11) is 1.78. The Morgan fingerprint density at radius 3 is 0.587 bits per heavy atom. The van der Waals surface area contributed by atoms with E-state index >= 15 is 0 Å². The highest BCUT2D eigenvalue weighted by Gasteiger charge is 2.11. The number of hydrogen-bond donors (Lipinski definition) is 2. The lowest BCUT2D eigenvalue weighted by atomic mass is 10.1. The summed E-state index contributed by atoms with van der Waals surface area (Å²) in [5.41, 5.74) is 0. The SMILES string of the molecule is CCCCOCCOCCOCCOCCOCCOCCOCCOCCOCCOCCOCCOCCOCCOCCOCCOCCOCCOCCOCCOCCOCCOCCOCCOCCOCCC(=O)NCCCCC(NC)C(C)=O. The molecule has 0 aromatic rings. The minimum absolute atomic E-state index is 0.0446. The lowest BCUT2D eigenvalue weighted by molar-refractivity contribution is -0.122. The normalized spacial score (nSPS) is 12.0. The molecule has 0 aliphatic heterocycles. The van der Waals surface area contributed by atoms with Crippen LogP contribution in [0, 0.1) is 0 Å². The van der Waals surface area contributed by atoms with Crippen molar-refractivity contribution in [2.45, 2.75) is 58.4 Å². The summed E-state index contributed by atoms with van der Waals surface area (Å²) in [6, 6.07) is -0.114. The van der Waals surface area contributed by atoms with Gasteiger partial charge in [0, 0.05) is 19.6 Å². The molecule has 0 rings (SSSR count). The Kier molecular flexibility index (Phi) is 81.6. The fourth-order valence-electron chi connectivity index (χ4n) is 7.13. The van der Waals surface area contributed by atoms with E-state index in [1.54, 1.807) is 14.0 Å². The molecule has 0 radical (unpaired) electrons. The van der Waals surface area contributed by atoms with Gasteiger partial charge in [0.15, 0.2) is 0 Å². The Morgan fingerprint density at radius 1 is 0.250 bits per heavy atom. The molecular formula is C63H126N2O27. The van der Waals surface area contributed by atoms with Crippen LogP contribution >= 0.6 is 0 Å². The molecule has 1 atom stereocenters. The van der Waals surface area contributed by atoms with E-state index in [1.807, 2.05) is 0 Å². The van der Waals surface area contributed by atoms with Crippen LogP contribution in [0.4, 0.5) is 0 Å². The molecule has 29 nitrogen and oxygen atoms in total. The van der Waals surface area contributed by atoms with Crippen molar-refractivity contribution in [1.82, 2.24) is 10.6 Å². The van der Waals surface area contributed by atoms with E-state index in [0.717, 1.165) is 38.7 Å². The number of nitrogens with one attached hydrogen (secondary N) is 2. The maximum Gasteiger partial charge on any atom is 0.222 e. The Labute approximate surface area is 551 Å². The summed E-state index contributed by atoms with van der Waals surface area (Å²) in [4.78, 5) is 23.3. The lowest BCUT2D eigenvalue weighted by Crippen LogP contribution is -2.32. The third-order valence-corrected chi connectivity index (χ3v) is 12.1. The predicted octanol–water partition coefficient (Wildman–Crippen LogP) is 2.06. The van der Waals surface area contributed by atoms with Gasteiger partial charge < -0.3 is 129 Å². The Balaban J connectivity index is 3.12. The van der Waals surface area contributed by atoms with Crippen molar-refractivity contribution in [1.29, 1.82) is 0 Å². The monoisotopic (exact) mass is 1340 g/mol. The summed E-state index contributed by atoms with van der Waals surface area (Å²) >= 11 is 0. The molecule has 2 N–H and O–H groups in total. The molecule has 0 fully saturated rings. The van der Waals surface area contributed by atoms with Gasteiger partial charge in [0.2, 0.25) is 5.91 Å². The number of Topliss-reactive ketones (excluding diaryl/α,β-unsaturated/α-hetero) is 1. The van der Waals surface area contributed by atoms with Crippen LogP contribution in [0.3, 0.4) is 0 Å². The third-order valence-electron chi connectivity index (χ3n) is 12.1. The first-order valence-corrected chi connectivity index (χ1v) is 33.5. The molecule has 1 unspecified atom stereocenters. The summed E-state index contributed by atoms with van der Waals surface area (Å²) < 4.78 is 138. The van der Waals surface area contributed by atoms with Gasteiger partial charge in [-0.05, 0) is 39.7 Å². The molecule has 0 aliphatic rings. The molecular weight excluding hydrogens is 1220 g/mol. The first-order chi connectivity index (χ1) is 45.6. The highest BCUT2D eigenvalue weighted by Crippen LogP contribution is 2.02. The average molecular weight is 1340 g/mol. The average Bonchev–Trinajstić information content (AvgIpc) is 3.67. The second-order valence-electron chi connectivity index (χ2n) is 19.7. The zero-order chi connectivity index (χ0) is 66.1. The van der Waals surface area contributed by atoms with Crippen LogP contribution < -0.4 is 10.6 Å². The second-order valence-corrected chi connectivity index (χ2v) is 19.7. The Hall–Kier alpha value is -1.90. The zero-order valence-corrected chi connectivity index (χ0v) is 56.9. The van der Waals surface area contributed by atoms with Crippen LogP contribution in [-0.2, 0) is 128 Å². The molecule has 0 saturated heterocycles. The number of unbranched alkanes of at least 4 members (excludes halogenated alkanes) is 2. The molecule has 92 heavy (non-hydrogen) atoms. The van der Waals surface area contributed by atoms with Crippen molar-refractivity contribution >= 4 is 11.7 Å². The molecule has 0 spiro atoms. The standard InChI is InChI=1S/C63H126N2O27/c1-4-5-11-68-13-15-70-17-19-72-21-23-74-25-27-76-29-31-78-33-35-80-37-39-82-41-43-84-45-47-86-49-51-88-53-55-90-57-59-92-60-58-91-56-54-89-52-50-87-48-46-85-44-42-83-40-38-81-36-34-79-32-30-77-28-26-75-24-22-73-20-18-71-16-14-69-12-9-63(67)65-10-7-6-8-62(64-3)61(2)66/h62,64H,4-60H2,1-3H3,(H,65,67). The molecule has 1 amide bonds. The quantitative estimate of drug-likeness (QED) is 0.0824. The van der Waals surface area contributed by atoms with Crippen LogP contribution in [0.25, 0.3) is 0 Å². The predicted molar refractivity (Wildman–Crippen MR) is 340 cm³/mol. The number of carbonyl (C=O) groups is 2. The van der Waals surface area contributed by atoms with E-state index in [4.69, 9.17) is 118 Å². The number of amides is 1. The first-order valence-electron chi connectivity index (χ1n) is 33.5. The summed E-state index contributed by atoms with van der Waals surface area (Å²) in [6.45, 7) is 28.9. The molecule has 550 valence electrons. The van der Waals surface area contributed by atoms with Gasteiger partial charge in [0.1, 0.15) is 5.78 Å². The molecule has 0 bridgehead atoms. The van der Waals surface area contributed by atoms with Gasteiger partial charge in [-0.3, -0.25) is 9.59 Å². The topological polar surface area (TPSA) is 289 Å². The Morgan fingerprint density at radius 2 is 0.424 bits per heavy atom. The number of ether oxygens (including phenoxy) is 25.